The largest absolute Gasteiger partial charge is 0.364 e. The van der Waals surface area contributed by atoms with Gasteiger partial charge in [-0.25, -0.2) is 8.78 Å². The van der Waals surface area contributed by atoms with Crippen molar-refractivity contribution in [1.29, 1.82) is 0 Å². The van der Waals surface area contributed by atoms with E-state index < -0.39 is 12.3 Å². The lowest BCUT2D eigenvalue weighted by molar-refractivity contribution is -0.116. The van der Waals surface area contributed by atoms with Crippen molar-refractivity contribution in [3.63, 3.8) is 0 Å². The first-order chi connectivity index (χ1) is 22.3. The van der Waals surface area contributed by atoms with Gasteiger partial charge >= 0.3 is 0 Å². The fraction of sp³-hybridized carbons (Fsp3) is 0.467. The molecule has 2 atom stereocenters. The fourth-order valence-corrected chi connectivity index (χ4v) is 7.70. The Morgan fingerprint density at radius 2 is 1.17 bits per heavy atom. The second kappa shape index (κ2) is 13.3. The van der Waals surface area contributed by atoms with Crippen LogP contribution in [0.25, 0.3) is 0 Å². The van der Waals surface area contributed by atoms with Crippen LogP contribution in [-0.4, -0.2) is 80.7 Å². The first kappa shape index (κ1) is 30.5. The molecule has 3 fully saturated rings. The van der Waals surface area contributed by atoms with Crippen molar-refractivity contribution in [2.45, 2.75) is 62.7 Å². The first-order valence-corrected chi connectivity index (χ1v) is 16.9. The summed E-state index contributed by atoms with van der Waals surface area (Å²) in [4.78, 5) is 37.8. The topological polar surface area (TPSA) is 142 Å². The van der Waals surface area contributed by atoms with Crippen molar-refractivity contribution >= 4 is 56.1 Å². The van der Waals surface area contributed by atoms with E-state index in [0.29, 0.717) is 47.8 Å². The maximum absolute atomic E-state index is 13.1. The third-order valence-corrected chi connectivity index (χ3v) is 10.5. The van der Waals surface area contributed by atoms with Crippen LogP contribution in [0.3, 0.4) is 0 Å². The van der Waals surface area contributed by atoms with Crippen LogP contribution in [0, 0.1) is 0 Å². The van der Waals surface area contributed by atoms with Gasteiger partial charge in [-0.2, -0.15) is 0 Å². The molecule has 0 spiro atoms. The standard InChI is InChI=1S/C30H32F2N10O2S2/c31-19-13-41(14-19)23-6-4-21(33-11-23)9-25(43)35-29-39-37-27(45-29)17-2-1-3-18(8-17)28-38-40-30(46-28)36-26(44)10-22-5-7-24(12-34-22)42-15-20(32)16-42/h4-7,11-12,17-20H,1-3,8-10,13-16H2,(H,35,39,43)(H,36,40,44). The van der Waals surface area contributed by atoms with Gasteiger partial charge in [-0.3, -0.25) is 19.6 Å². The molecule has 0 aromatic carbocycles. The lowest BCUT2D eigenvalue weighted by atomic mass is 9.82. The molecule has 0 bridgehead atoms. The minimum Gasteiger partial charge on any atom is -0.364 e. The number of alkyl halides is 2. The Balaban J connectivity index is 0.883. The van der Waals surface area contributed by atoms with Gasteiger partial charge in [0.1, 0.15) is 22.4 Å². The molecule has 46 heavy (non-hydrogen) atoms. The minimum absolute atomic E-state index is 0.103. The molecule has 7 rings (SSSR count). The molecule has 2 unspecified atom stereocenters. The summed E-state index contributed by atoms with van der Waals surface area (Å²) in [7, 11) is 0. The third kappa shape index (κ3) is 7.12. The molecule has 16 heteroatoms. The smallest absolute Gasteiger partial charge is 0.232 e. The average molecular weight is 667 g/mol. The molecule has 4 aromatic rings. The summed E-state index contributed by atoms with van der Waals surface area (Å²) < 4.78 is 26.2. The Kier molecular flexibility index (Phi) is 8.80. The second-order valence-corrected chi connectivity index (χ2v) is 13.9. The van der Waals surface area contributed by atoms with Crippen LogP contribution < -0.4 is 20.4 Å². The highest BCUT2D eigenvalue weighted by atomic mass is 32.1. The Bertz CT molecular complexity index is 1550. The lowest BCUT2D eigenvalue weighted by Crippen LogP contribution is -2.48. The summed E-state index contributed by atoms with van der Waals surface area (Å²) in [6.45, 7) is 1.51. The predicted molar refractivity (Wildman–Crippen MR) is 171 cm³/mol. The van der Waals surface area contributed by atoms with Crippen LogP contribution in [0.4, 0.5) is 30.4 Å². The second-order valence-electron chi connectivity index (χ2n) is 11.9. The van der Waals surface area contributed by atoms with E-state index in [2.05, 4.69) is 41.0 Å². The van der Waals surface area contributed by atoms with Gasteiger partial charge in [0.05, 0.1) is 62.8 Å². The highest BCUT2D eigenvalue weighted by Crippen LogP contribution is 2.43. The normalized spacial score (nSPS) is 20.2. The number of hydrogen-bond acceptors (Lipinski definition) is 12. The summed E-state index contributed by atoms with van der Waals surface area (Å²) in [5.41, 5.74) is 2.95. The van der Waals surface area contributed by atoms with Crippen LogP contribution in [0.5, 0.6) is 0 Å². The molecule has 3 aliphatic rings. The van der Waals surface area contributed by atoms with Gasteiger partial charge in [-0.1, -0.05) is 29.1 Å². The Hall–Kier alpha value is -4.18. The SMILES string of the molecule is O=C(Cc1ccc(N2CC(F)C2)cn1)Nc1nnc(C2CCCC(c3nnc(NC(=O)Cc4ccc(N5CC(F)C5)cn4)s3)C2)s1. The van der Waals surface area contributed by atoms with Gasteiger partial charge in [-0.15, -0.1) is 20.4 Å². The quantitative estimate of drug-likeness (QED) is 0.252. The van der Waals surface area contributed by atoms with Gasteiger partial charge in [0, 0.05) is 23.2 Å². The molecule has 2 saturated heterocycles. The lowest BCUT2D eigenvalue weighted by Gasteiger charge is -2.36. The Morgan fingerprint density at radius 3 is 1.57 bits per heavy atom. The van der Waals surface area contributed by atoms with E-state index in [4.69, 9.17) is 0 Å². The molecule has 240 valence electrons. The van der Waals surface area contributed by atoms with Crippen molar-refractivity contribution in [2.24, 2.45) is 0 Å². The number of anilines is 4. The summed E-state index contributed by atoms with van der Waals surface area (Å²) in [6, 6.07) is 7.28. The van der Waals surface area contributed by atoms with E-state index in [1.54, 1.807) is 24.5 Å². The molecular formula is C30H32F2N10O2S2. The summed E-state index contributed by atoms with van der Waals surface area (Å²) in [5.74, 6) is -0.0815. The zero-order valence-corrected chi connectivity index (χ0v) is 26.4. The van der Waals surface area contributed by atoms with Gasteiger partial charge in [0.2, 0.25) is 22.1 Å². The van der Waals surface area contributed by atoms with Crippen molar-refractivity contribution in [2.75, 3.05) is 46.6 Å². The highest BCUT2D eigenvalue weighted by molar-refractivity contribution is 7.15. The van der Waals surface area contributed by atoms with Gasteiger partial charge in [-0.05, 0) is 43.5 Å². The molecule has 4 aromatic heterocycles. The number of pyridine rings is 2. The number of nitrogens with one attached hydrogen (secondary N) is 2. The van der Waals surface area contributed by atoms with E-state index >= 15 is 0 Å². The van der Waals surface area contributed by atoms with E-state index in [-0.39, 0.29) is 36.5 Å². The first-order valence-electron chi connectivity index (χ1n) is 15.3. The van der Waals surface area contributed by atoms with Crippen LogP contribution in [0.1, 0.15) is 58.9 Å². The number of carbonyl (C=O) groups excluding carboxylic acids is 2. The number of nitrogens with zero attached hydrogens (tertiary/aromatic N) is 8. The van der Waals surface area contributed by atoms with Crippen molar-refractivity contribution in [3.05, 3.63) is 58.1 Å². The number of hydrogen-bond donors (Lipinski definition) is 2. The number of aromatic nitrogens is 6. The molecule has 1 saturated carbocycles. The monoisotopic (exact) mass is 666 g/mol. The van der Waals surface area contributed by atoms with Crippen molar-refractivity contribution < 1.29 is 18.4 Å². The van der Waals surface area contributed by atoms with Gasteiger partial charge in [0.25, 0.3) is 0 Å². The van der Waals surface area contributed by atoms with Crippen LogP contribution >= 0.6 is 22.7 Å². The number of halogens is 2. The number of amides is 2. The highest BCUT2D eigenvalue weighted by Gasteiger charge is 2.30. The maximum Gasteiger partial charge on any atom is 0.232 e. The molecule has 2 N–H and O–H groups in total. The Labute approximate surface area is 271 Å². The van der Waals surface area contributed by atoms with E-state index in [9.17, 15) is 18.4 Å². The molecule has 12 nitrogen and oxygen atoms in total. The predicted octanol–water partition coefficient (Wildman–Crippen LogP) is 4.30. The molecule has 2 aliphatic heterocycles. The zero-order chi connectivity index (χ0) is 31.6. The molecule has 6 heterocycles. The molecule has 1 aliphatic carbocycles. The summed E-state index contributed by atoms with van der Waals surface area (Å²) >= 11 is 2.76. The minimum atomic E-state index is -0.789. The number of carbonyl (C=O) groups is 2. The van der Waals surface area contributed by atoms with Crippen LogP contribution in [0.15, 0.2) is 36.7 Å². The van der Waals surface area contributed by atoms with E-state index in [0.717, 1.165) is 47.1 Å². The van der Waals surface area contributed by atoms with Crippen LogP contribution in [-0.2, 0) is 22.4 Å². The van der Waals surface area contributed by atoms with Gasteiger partial charge in [0.15, 0.2) is 0 Å². The van der Waals surface area contributed by atoms with Crippen LogP contribution in [0.2, 0.25) is 0 Å². The van der Waals surface area contributed by atoms with E-state index in [1.165, 1.54) is 22.7 Å². The number of rotatable bonds is 10. The molecule has 2 amide bonds. The third-order valence-electron chi connectivity index (χ3n) is 8.45. The summed E-state index contributed by atoms with van der Waals surface area (Å²) in [6.07, 6.45) is 5.73. The van der Waals surface area contributed by atoms with E-state index in [1.807, 2.05) is 21.9 Å². The fourth-order valence-electron chi connectivity index (χ4n) is 5.88. The van der Waals surface area contributed by atoms with Gasteiger partial charge < -0.3 is 20.4 Å². The molecular weight excluding hydrogens is 635 g/mol. The Morgan fingerprint density at radius 1 is 0.717 bits per heavy atom. The summed E-state index contributed by atoms with van der Waals surface area (Å²) in [5, 5.41) is 25.5. The maximum atomic E-state index is 13.1. The van der Waals surface area contributed by atoms with Crippen molar-refractivity contribution in [1.82, 2.24) is 30.4 Å². The molecule has 0 radical (unpaired) electrons. The van der Waals surface area contributed by atoms with Crippen molar-refractivity contribution in [3.8, 4) is 0 Å². The average Bonchev–Trinajstić information content (AvgIpc) is 3.69. The zero-order valence-electron chi connectivity index (χ0n) is 24.8.